The van der Waals surface area contributed by atoms with Crippen LogP contribution >= 0.6 is 0 Å². The Balaban J connectivity index is 2.18. The maximum Gasteiger partial charge on any atom is 0.197 e. The number of ketones is 1. The second-order valence-electron chi connectivity index (χ2n) is 5.15. The first-order valence-corrected chi connectivity index (χ1v) is 7.03. The monoisotopic (exact) mass is 279 g/mol. The topological polar surface area (TPSA) is 56.2 Å². The third-order valence-corrected chi connectivity index (χ3v) is 3.75. The molecule has 1 heterocycles. The maximum atomic E-state index is 12.9. The molecule has 3 rings (SSSR count). The Morgan fingerprint density at radius 1 is 1.19 bits per heavy atom. The summed E-state index contributed by atoms with van der Waals surface area (Å²) in [5, 5.41) is 0.869. The van der Waals surface area contributed by atoms with Crippen molar-refractivity contribution in [3.05, 3.63) is 64.9 Å². The first-order valence-electron chi connectivity index (χ1n) is 7.03. The second kappa shape index (κ2) is 5.09. The molecule has 0 aliphatic heterocycles. The van der Waals surface area contributed by atoms with E-state index in [0.29, 0.717) is 23.2 Å². The van der Waals surface area contributed by atoms with Gasteiger partial charge in [0.25, 0.3) is 0 Å². The lowest BCUT2D eigenvalue weighted by Crippen LogP contribution is -2.04. The minimum atomic E-state index is -0.0140. The zero-order valence-corrected chi connectivity index (χ0v) is 12.1. The largest absolute Gasteiger partial charge is 0.460 e. The predicted molar refractivity (Wildman–Crippen MR) is 84.6 cm³/mol. The Kier molecular flexibility index (Phi) is 3.26. The van der Waals surface area contributed by atoms with E-state index in [4.69, 9.17) is 10.2 Å². The fourth-order valence-electron chi connectivity index (χ4n) is 2.56. The lowest BCUT2D eigenvalue weighted by atomic mass is 9.98. The lowest BCUT2D eigenvalue weighted by molar-refractivity contribution is 0.103. The van der Waals surface area contributed by atoms with Crippen molar-refractivity contribution in [1.29, 1.82) is 0 Å². The van der Waals surface area contributed by atoms with Crippen LogP contribution in [0.2, 0.25) is 0 Å². The molecule has 0 saturated carbocycles. The summed E-state index contributed by atoms with van der Waals surface area (Å²) in [5.41, 5.74) is 9.49. The first kappa shape index (κ1) is 13.4. The molecule has 21 heavy (non-hydrogen) atoms. The molecule has 0 unspecified atom stereocenters. The van der Waals surface area contributed by atoms with Crippen LogP contribution in [0.4, 0.5) is 5.69 Å². The number of nitrogens with two attached hydrogens (primary N) is 1. The smallest absolute Gasteiger partial charge is 0.197 e. The molecule has 0 bridgehead atoms. The van der Waals surface area contributed by atoms with Gasteiger partial charge >= 0.3 is 0 Å². The van der Waals surface area contributed by atoms with E-state index in [9.17, 15) is 4.79 Å². The molecular formula is C18H17NO2. The molecule has 3 nitrogen and oxygen atoms in total. The maximum absolute atomic E-state index is 12.9. The lowest BCUT2D eigenvalue weighted by Gasteiger charge is -2.05. The third-order valence-electron chi connectivity index (χ3n) is 3.75. The van der Waals surface area contributed by atoms with Gasteiger partial charge in [0.15, 0.2) is 5.78 Å². The summed E-state index contributed by atoms with van der Waals surface area (Å²) in [6.45, 7) is 3.89. The van der Waals surface area contributed by atoms with Crippen molar-refractivity contribution < 1.29 is 9.21 Å². The van der Waals surface area contributed by atoms with E-state index >= 15 is 0 Å². The van der Waals surface area contributed by atoms with Gasteiger partial charge in [0, 0.05) is 23.1 Å². The Morgan fingerprint density at radius 3 is 2.67 bits per heavy atom. The highest BCUT2D eigenvalue weighted by atomic mass is 16.3. The van der Waals surface area contributed by atoms with Gasteiger partial charge in [-0.05, 0) is 36.8 Å². The molecule has 0 saturated heterocycles. The number of rotatable bonds is 3. The third kappa shape index (κ3) is 2.21. The number of para-hydroxylation sites is 1. The van der Waals surface area contributed by atoms with Crippen molar-refractivity contribution >= 4 is 22.4 Å². The molecule has 3 aromatic rings. The average molecular weight is 279 g/mol. The van der Waals surface area contributed by atoms with Crippen LogP contribution in [0.1, 0.15) is 34.2 Å². The molecule has 2 aromatic carbocycles. The van der Waals surface area contributed by atoms with Gasteiger partial charge in [-0.25, -0.2) is 0 Å². The summed E-state index contributed by atoms with van der Waals surface area (Å²) in [5.74, 6) is 0.718. The van der Waals surface area contributed by atoms with E-state index in [1.54, 1.807) is 12.1 Å². The Morgan fingerprint density at radius 2 is 1.95 bits per heavy atom. The number of carbonyl (C=O) groups is 1. The zero-order chi connectivity index (χ0) is 15.0. The predicted octanol–water partition coefficient (Wildman–Crippen LogP) is 4.12. The molecule has 0 radical (unpaired) electrons. The van der Waals surface area contributed by atoms with Crippen molar-refractivity contribution in [2.24, 2.45) is 0 Å². The summed E-state index contributed by atoms with van der Waals surface area (Å²) in [6, 6.07) is 13.0. The summed E-state index contributed by atoms with van der Waals surface area (Å²) >= 11 is 0. The average Bonchev–Trinajstić information content (AvgIpc) is 2.87. The quantitative estimate of drug-likeness (QED) is 0.579. The van der Waals surface area contributed by atoms with E-state index in [-0.39, 0.29) is 5.78 Å². The van der Waals surface area contributed by atoms with Crippen LogP contribution in [0.3, 0.4) is 0 Å². The molecule has 0 atom stereocenters. The summed E-state index contributed by atoms with van der Waals surface area (Å²) in [7, 11) is 0. The molecule has 0 amide bonds. The number of nitrogen functional groups attached to an aromatic ring is 1. The van der Waals surface area contributed by atoms with Crippen LogP contribution in [0, 0.1) is 6.92 Å². The van der Waals surface area contributed by atoms with Gasteiger partial charge in [0.1, 0.15) is 11.3 Å². The summed E-state index contributed by atoms with van der Waals surface area (Å²) in [4.78, 5) is 12.9. The van der Waals surface area contributed by atoms with Gasteiger partial charge in [-0.1, -0.05) is 25.1 Å². The van der Waals surface area contributed by atoms with Crippen LogP contribution in [0.25, 0.3) is 11.0 Å². The molecule has 0 aliphatic rings. The SMILES string of the molecule is CCc1oc2ccccc2c1C(=O)c1ccc(N)c(C)c1. The highest BCUT2D eigenvalue weighted by Crippen LogP contribution is 2.29. The van der Waals surface area contributed by atoms with E-state index in [0.717, 1.165) is 22.3 Å². The van der Waals surface area contributed by atoms with Crippen molar-refractivity contribution in [2.75, 3.05) is 5.73 Å². The second-order valence-corrected chi connectivity index (χ2v) is 5.15. The standard InChI is InChI=1S/C18H17NO2/c1-3-15-17(13-6-4-5-7-16(13)21-15)18(20)12-8-9-14(19)11(2)10-12/h4-10H,3,19H2,1-2H3. The van der Waals surface area contributed by atoms with Crippen LogP contribution in [-0.2, 0) is 6.42 Å². The van der Waals surface area contributed by atoms with Crippen LogP contribution in [0.5, 0.6) is 0 Å². The van der Waals surface area contributed by atoms with Gasteiger partial charge in [0.05, 0.1) is 5.56 Å². The molecule has 0 aliphatic carbocycles. The number of anilines is 1. The van der Waals surface area contributed by atoms with Crippen molar-refractivity contribution in [3.63, 3.8) is 0 Å². The van der Waals surface area contributed by atoms with E-state index < -0.39 is 0 Å². The number of hydrogen-bond acceptors (Lipinski definition) is 3. The number of aryl methyl sites for hydroxylation is 2. The van der Waals surface area contributed by atoms with Gasteiger partial charge in [-0.15, -0.1) is 0 Å². The van der Waals surface area contributed by atoms with Crippen LogP contribution in [-0.4, -0.2) is 5.78 Å². The number of furan rings is 1. The van der Waals surface area contributed by atoms with Crippen molar-refractivity contribution in [2.45, 2.75) is 20.3 Å². The van der Waals surface area contributed by atoms with Crippen molar-refractivity contribution in [3.8, 4) is 0 Å². The minimum absolute atomic E-state index is 0.0140. The van der Waals surface area contributed by atoms with Crippen LogP contribution < -0.4 is 5.73 Å². The molecule has 0 fully saturated rings. The van der Waals surface area contributed by atoms with Gasteiger partial charge < -0.3 is 10.2 Å². The first-order chi connectivity index (χ1) is 10.1. The fourth-order valence-corrected chi connectivity index (χ4v) is 2.56. The van der Waals surface area contributed by atoms with E-state index in [1.165, 1.54) is 0 Å². The summed E-state index contributed by atoms with van der Waals surface area (Å²) < 4.78 is 5.80. The minimum Gasteiger partial charge on any atom is -0.460 e. The number of hydrogen-bond donors (Lipinski definition) is 1. The summed E-state index contributed by atoms with van der Waals surface area (Å²) in [6.07, 6.45) is 0.684. The van der Waals surface area contributed by atoms with E-state index in [1.807, 2.05) is 44.2 Å². The molecule has 106 valence electrons. The van der Waals surface area contributed by atoms with Crippen LogP contribution in [0.15, 0.2) is 46.9 Å². The Hall–Kier alpha value is -2.55. The number of benzene rings is 2. The molecule has 1 aromatic heterocycles. The molecule has 3 heteroatoms. The highest BCUT2D eigenvalue weighted by Gasteiger charge is 2.21. The van der Waals surface area contributed by atoms with Gasteiger partial charge in [-0.3, -0.25) is 4.79 Å². The van der Waals surface area contributed by atoms with Crippen molar-refractivity contribution in [1.82, 2.24) is 0 Å². The normalized spacial score (nSPS) is 11.0. The Labute approximate surface area is 123 Å². The van der Waals surface area contributed by atoms with E-state index in [2.05, 4.69) is 0 Å². The molecule has 0 spiro atoms. The van der Waals surface area contributed by atoms with Gasteiger partial charge in [-0.2, -0.15) is 0 Å². The number of carbonyl (C=O) groups excluding carboxylic acids is 1. The molecular weight excluding hydrogens is 262 g/mol. The number of fused-ring (bicyclic) bond motifs is 1. The Bertz CT molecular complexity index is 830. The van der Waals surface area contributed by atoms with Gasteiger partial charge in [0.2, 0.25) is 0 Å². The fraction of sp³-hybridized carbons (Fsp3) is 0.167. The zero-order valence-electron chi connectivity index (χ0n) is 12.1. The molecule has 2 N–H and O–H groups in total. The highest BCUT2D eigenvalue weighted by molar-refractivity contribution is 6.17.